The van der Waals surface area contributed by atoms with Crippen LogP contribution in [0.3, 0.4) is 0 Å². The number of hydrogen-bond acceptors (Lipinski definition) is 2. The molecule has 0 aromatic rings. The van der Waals surface area contributed by atoms with Gasteiger partial charge in [-0.2, -0.15) is 0 Å². The van der Waals surface area contributed by atoms with Gasteiger partial charge >= 0.3 is 0 Å². The largest absolute Gasteiger partial charge is 0.384 e. The molecule has 0 heterocycles. The van der Waals surface area contributed by atoms with Crippen LogP contribution in [0.5, 0.6) is 0 Å². The van der Waals surface area contributed by atoms with Gasteiger partial charge in [0.25, 0.3) is 0 Å². The van der Waals surface area contributed by atoms with Crippen LogP contribution in [0.25, 0.3) is 0 Å². The van der Waals surface area contributed by atoms with E-state index in [0.29, 0.717) is 0 Å². The van der Waals surface area contributed by atoms with Gasteiger partial charge in [0.2, 0.25) is 0 Å². The van der Waals surface area contributed by atoms with E-state index in [2.05, 4.69) is 0 Å². The van der Waals surface area contributed by atoms with Gasteiger partial charge in [0.1, 0.15) is 12.2 Å². The third-order valence-corrected chi connectivity index (χ3v) is 3.33. The van der Waals surface area contributed by atoms with Crippen LogP contribution in [-0.4, -0.2) is 22.4 Å². The SMILES string of the molecule is OC1C(Cl)=C(Cl)C(Cl)=C(Cl)C1O. The molecule has 2 atom stereocenters. The Hall–Kier alpha value is 0.560. The molecule has 0 fully saturated rings. The predicted octanol–water partition coefficient (Wildman–Crippen LogP) is 2.10. The molecule has 1 aliphatic carbocycles. The minimum Gasteiger partial charge on any atom is -0.384 e. The Bertz CT molecular complexity index is 243. The molecule has 0 spiro atoms. The second-order valence-electron chi connectivity index (χ2n) is 2.21. The Balaban J connectivity index is 3.18. The molecule has 6 heteroatoms. The highest BCUT2D eigenvalue weighted by Crippen LogP contribution is 2.38. The van der Waals surface area contributed by atoms with Crippen LogP contribution in [0.15, 0.2) is 20.1 Å². The number of allylic oxidation sites excluding steroid dienone is 2. The predicted molar refractivity (Wildman–Crippen MR) is 49.5 cm³/mol. The first-order chi connectivity index (χ1) is 5.46. The quantitative estimate of drug-likeness (QED) is 0.691. The fourth-order valence-electron chi connectivity index (χ4n) is 0.747. The smallest absolute Gasteiger partial charge is 0.122 e. The Labute approximate surface area is 89.0 Å². The van der Waals surface area contributed by atoms with Crippen molar-refractivity contribution in [3.05, 3.63) is 20.1 Å². The molecule has 0 radical (unpaired) electrons. The number of rotatable bonds is 0. The van der Waals surface area contributed by atoms with Crippen LogP contribution < -0.4 is 0 Å². The zero-order valence-electron chi connectivity index (χ0n) is 5.56. The van der Waals surface area contributed by atoms with Crippen LogP contribution in [0.4, 0.5) is 0 Å². The minimum absolute atomic E-state index is 0.0267. The summed E-state index contributed by atoms with van der Waals surface area (Å²) in [5, 5.41) is 18.2. The van der Waals surface area contributed by atoms with Gasteiger partial charge in [0, 0.05) is 0 Å². The van der Waals surface area contributed by atoms with Gasteiger partial charge in [-0.25, -0.2) is 0 Å². The summed E-state index contributed by atoms with van der Waals surface area (Å²) in [4.78, 5) is 0. The Morgan fingerprint density at radius 2 is 1.00 bits per heavy atom. The molecule has 0 saturated carbocycles. The zero-order chi connectivity index (χ0) is 9.46. The monoisotopic (exact) mass is 248 g/mol. The summed E-state index contributed by atoms with van der Waals surface area (Å²) in [6.45, 7) is 0. The maximum absolute atomic E-state index is 9.20. The van der Waals surface area contributed by atoms with Crippen molar-refractivity contribution in [1.29, 1.82) is 0 Å². The van der Waals surface area contributed by atoms with Crippen LogP contribution in [0.1, 0.15) is 0 Å². The summed E-state index contributed by atoms with van der Waals surface area (Å²) in [5.74, 6) is 0. The van der Waals surface area contributed by atoms with E-state index < -0.39 is 12.2 Å². The molecular formula is C6H4Cl4O2. The van der Waals surface area contributed by atoms with Gasteiger partial charge in [-0.15, -0.1) is 0 Å². The van der Waals surface area contributed by atoms with Crippen LogP contribution in [-0.2, 0) is 0 Å². The van der Waals surface area contributed by atoms with E-state index in [1.54, 1.807) is 0 Å². The summed E-state index contributed by atoms with van der Waals surface area (Å²) in [7, 11) is 0. The van der Waals surface area contributed by atoms with E-state index in [9.17, 15) is 10.2 Å². The summed E-state index contributed by atoms with van der Waals surface area (Å²) in [5.41, 5.74) is 0. The third kappa shape index (κ3) is 1.60. The molecule has 12 heavy (non-hydrogen) atoms. The van der Waals surface area contributed by atoms with Crippen molar-refractivity contribution in [2.24, 2.45) is 0 Å². The lowest BCUT2D eigenvalue weighted by atomic mass is 10.1. The van der Waals surface area contributed by atoms with Crippen molar-refractivity contribution >= 4 is 46.4 Å². The van der Waals surface area contributed by atoms with Crippen molar-refractivity contribution in [3.63, 3.8) is 0 Å². The normalized spacial score (nSPS) is 31.5. The Morgan fingerprint density at radius 3 is 1.25 bits per heavy atom. The van der Waals surface area contributed by atoms with Gasteiger partial charge < -0.3 is 10.2 Å². The van der Waals surface area contributed by atoms with E-state index >= 15 is 0 Å². The average molecular weight is 250 g/mol. The molecule has 0 saturated heterocycles. The van der Waals surface area contributed by atoms with E-state index in [4.69, 9.17) is 46.4 Å². The summed E-state index contributed by atoms with van der Waals surface area (Å²) in [6, 6.07) is 0. The number of aliphatic hydroxyl groups excluding tert-OH is 2. The number of halogens is 4. The van der Waals surface area contributed by atoms with E-state index in [0.717, 1.165) is 0 Å². The van der Waals surface area contributed by atoms with Gasteiger partial charge in [0.05, 0.1) is 20.1 Å². The minimum atomic E-state index is -1.30. The number of aliphatic hydroxyl groups is 2. The zero-order valence-corrected chi connectivity index (χ0v) is 8.58. The van der Waals surface area contributed by atoms with Crippen molar-refractivity contribution in [2.75, 3.05) is 0 Å². The lowest BCUT2D eigenvalue weighted by Gasteiger charge is -2.23. The summed E-state index contributed by atoms with van der Waals surface area (Å²) in [6.07, 6.45) is -2.59. The molecule has 1 rings (SSSR count). The average Bonchev–Trinajstić information content (AvgIpc) is 2.08. The third-order valence-electron chi connectivity index (χ3n) is 1.43. The fourth-order valence-corrected chi connectivity index (χ4v) is 1.70. The van der Waals surface area contributed by atoms with E-state index in [1.165, 1.54) is 0 Å². The molecular weight excluding hydrogens is 246 g/mol. The van der Waals surface area contributed by atoms with Gasteiger partial charge in [0.15, 0.2) is 0 Å². The molecule has 2 N–H and O–H groups in total. The van der Waals surface area contributed by atoms with Gasteiger partial charge in [-0.05, 0) is 0 Å². The highest BCUT2D eigenvalue weighted by Gasteiger charge is 2.32. The molecule has 0 aromatic carbocycles. The standard InChI is InChI=1S/C6H4Cl4O2/c7-1-2(8)4(10)6(12)5(11)3(1)9/h5-6,11-12H. The molecule has 2 nitrogen and oxygen atoms in total. The highest BCUT2D eigenvalue weighted by atomic mass is 35.5. The first-order valence-corrected chi connectivity index (χ1v) is 4.44. The highest BCUT2D eigenvalue weighted by molar-refractivity contribution is 6.51. The van der Waals surface area contributed by atoms with Crippen molar-refractivity contribution in [2.45, 2.75) is 12.2 Å². The van der Waals surface area contributed by atoms with E-state index in [1.807, 2.05) is 0 Å². The molecule has 2 unspecified atom stereocenters. The van der Waals surface area contributed by atoms with Gasteiger partial charge in [-0.3, -0.25) is 0 Å². The van der Waals surface area contributed by atoms with Gasteiger partial charge in [-0.1, -0.05) is 46.4 Å². The van der Waals surface area contributed by atoms with Crippen LogP contribution in [0, 0.1) is 0 Å². The second-order valence-corrected chi connectivity index (χ2v) is 3.78. The molecule has 0 aromatic heterocycles. The summed E-state index contributed by atoms with van der Waals surface area (Å²) < 4.78 is 0. The lowest BCUT2D eigenvalue weighted by Crippen LogP contribution is -2.30. The molecule has 1 aliphatic rings. The summed E-state index contributed by atoms with van der Waals surface area (Å²) >= 11 is 22.2. The maximum atomic E-state index is 9.20. The number of hydrogen-bond donors (Lipinski definition) is 2. The maximum Gasteiger partial charge on any atom is 0.122 e. The molecule has 0 bridgehead atoms. The first kappa shape index (κ1) is 10.6. The fraction of sp³-hybridized carbons (Fsp3) is 0.333. The van der Waals surface area contributed by atoms with Crippen molar-refractivity contribution < 1.29 is 10.2 Å². The Morgan fingerprint density at radius 1 is 0.750 bits per heavy atom. The van der Waals surface area contributed by atoms with Crippen LogP contribution in [0.2, 0.25) is 0 Å². The molecule has 0 aliphatic heterocycles. The molecule has 0 amide bonds. The Kier molecular flexibility index (Phi) is 3.32. The molecule has 68 valence electrons. The van der Waals surface area contributed by atoms with Crippen molar-refractivity contribution in [3.8, 4) is 0 Å². The second kappa shape index (κ2) is 3.74. The van der Waals surface area contributed by atoms with Crippen LogP contribution >= 0.6 is 46.4 Å². The first-order valence-electron chi connectivity index (χ1n) is 2.93. The van der Waals surface area contributed by atoms with E-state index in [-0.39, 0.29) is 20.1 Å². The lowest BCUT2D eigenvalue weighted by molar-refractivity contribution is 0.0728. The van der Waals surface area contributed by atoms with Crippen molar-refractivity contribution in [1.82, 2.24) is 0 Å². The topological polar surface area (TPSA) is 40.5 Å².